The van der Waals surface area contributed by atoms with Gasteiger partial charge in [-0.15, -0.1) is 0 Å². The molecule has 0 aromatic heterocycles. The summed E-state index contributed by atoms with van der Waals surface area (Å²) >= 11 is 3.67. The highest BCUT2D eigenvalue weighted by Crippen LogP contribution is 2.41. The fourth-order valence-electron chi connectivity index (χ4n) is 3.68. The molecule has 1 aromatic carbocycles. The third-order valence-corrected chi connectivity index (χ3v) is 5.43. The molecule has 6 heteroatoms. The molecule has 25 heavy (non-hydrogen) atoms. The normalized spacial score (nSPS) is 20.7. The van der Waals surface area contributed by atoms with Crippen LogP contribution in [0.5, 0.6) is 0 Å². The molecule has 0 spiro atoms. The molecule has 0 saturated carbocycles. The maximum Gasteiger partial charge on any atom is 0.414 e. The van der Waals surface area contributed by atoms with Crippen LogP contribution >= 0.6 is 15.9 Å². The van der Waals surface area contributed by atoms with Gasteiger partial charge in [-0.3, -0.25) is 9.69 Å². The van der Waals surface area contributed by atoms with Crippen LogP contribution in [-0.4, -0.2) is 42.6 Å². The monoisotopic (exact) mass is 408 g/mol. The Balaban J connectivity index is 1.97. The zero-order valence-corrected chi connectivity index (χ0v) is 16.9. The first-order valence-corrected chi connectivity index (χ1v) is 9.52. The van der Waals surface area contributed by atoms with E-state index in [4.69, 9.17) is 4.74 Å². The lowest BCUT2D eigenvalue weighted by Gasteiger charge is -2.33. The summed E-state index contributed by atoms with van der Waals surface area (Å²) in [7, 11) is 1.85. The molecule has 3 rings (SSSR count). The van der Waals surface area contributed by atoms with Gasteiger partial charge in [-0.1, -0.05) is 15.9 Å². The first-order valence-electron chi connectivity index (χ1n) is 8.73. The van der Waals surface area contributed by atoms with E-state index in [2.05, 4.69) is 15.9 Å². The zero-order chi connectivity index (χ0) is 18.4. The molecule has 0 N–H and O–H groups in total. The van der Waals surface area contributed by atoms with Crippen LogP contribution in [0.2, 0.25) is 0 Å². The average molecular weight is 409 g/mol. The second-order valence-corrected chi connectivity index (χ2v) is 8.72. The number of benzene rings is 1. The van der Waals surface area contributed by atoms with E-state index in [1.54, 1.807) is 9.80 Å². The average Bonchev–Trinajstić information content (AvgIpc) is 2.83. The van der Waals surface area contributed by atoms with Gasteiger partial charge in [0.2, 0.25) is 5.91 Å². The maximum absolute atomic E-state index is 12.6. The summed E-state index contributed by atoms with van der Waals surface area (Å²) in [5, 5.41) is 0. The number of ether oxygens (including phenoxy) is 1. The summed E-state index contributed by atoms with van der Waals surface area (Å²) in [6.45, 7) is 7.01. The predicted octanol–water partition coefficient (Wildman–Crippen LogP) is 4.08. The van der Waals surface area contributed by atoms with Crippen molar-refractivity contribution in [2.75, 3.05) is 25.0 Å². The van der Waals surface area contributed by atoms with Crippen molar-refractivity contribution < 1.29 is 14.3 Å². The fourth-order valence-corrected chi connectivity index (χ4v) is 4.37. The highest BCUT2D eigenvalue weighted by Gasteiger charge is 2.34. The summed E-state index contributed by atoms with van der Waals surface area (Å²) in [5.74, 6) is 0.342. The third-order valence-electron chi connectivity index (χ3n) is 4.74. The van der Waals surface area contributed by atoms with Gasteiger partial charge in [0.15, 0.2) is 0 Å². The Morgan fingerprint density at radius 1 is 1.32 bits per heavy atom. The summed E-state index contributed by atoms with van der Waals surface area (Å²) < 4.78 is 6.60. The van der Waals surface area contributed by atoms with Gasteiger partial charge in [0, 0.05) is 36.9 Å². The van der Waals surface area contributed by atoms with Gasteiger partial charge < -0.3 is 9.64 Å². The Kier molecular flexibility index (Phi) is 4.84. The van der Waals surface area contributed by atoms with Crippen molar-refractivity contribution in [1.29, 1.82) is 0 Å². The predicted molar refractivity (Wildman–Crippen MR) is 101 cm³/mol. The Hall–Kier alpha value is -1.56. The van der Waals surface area contributed by atoms with E-state index in [0.717, 1.165) is 29.5 Å². The van der Waals surface area contributed by atoms with Gasteiger partial charge in [0.05, 0.1) is 5.69 Å². The number of anilines is 1. The number of likely N-dealkylation sites (tertiary alicyclic amines) is 1. The molecule has 136 valence electrons. The van der Waals surface area contributed by atoms with Crippen LogP contribution in [0.3, 0.4) is 0 Å². The number of halogens is 1. The molecule has 5 nitrogen and oxygen atoms in total. The van der Waals surface area contributed by atoms with Crippen molar-refractivity contribution >= 4 is 33.6 Å². The molecule has 0 aliphatic carbocycles. The van der Waals surface area contributed by atoms with Crippen LogP contribution in [-0.2, 0) is 16.0 Å². The van der Waals surface area contributed by atoms with Crippen LogP contribution < -0.4 is 4.90 Å². The number of nitrogens with zero attached hydrogens (tertiary/aromatic N) is 2. The van der Waals surface area contributed by atoms with Crippen LogP contribution in [0.25, 0.3) is 0 Å². The lowest BCUT2D eigenvalue weighted by atomic mass is 9.88. The number of amides is 2. The lowest BCUT2D eigenvalue weighted by molar-refractivity contribution is -0.126. The number of fused-ring (bicyclic) bond motifs is 1. The minimum absolute atomic E-state index is 0.167. The molecule has 0 radical (unpaired) electrons. The van der Waals surface area contributed by atoms with Crippen molar-refractivity contribution in [2.45, 2.75) is 51.6 Å². The van der Waals surface area contributed by atoms with Gasteiger partial charge >= 0.3 is 6.09 Å². The Morgan fingerprint density at radius 3 is 2.64 bits per heavy atom. The molecule has 1 fully saturated rings. The molecule has 2 aliphatic rings. The van der Waals surface area contributed by atoms with Crippen molar-refractivity contribution in [2.24, 2.45) is 0 Å². The minimum Gasteiger partial charge on any atom is -0.443 e. The van der Waals surface area contributed by atoms with Gasteiger partial charge in [0.1, 0.15) is 5.60 Å². The van der Waals surface area contributed by atoms with E-state index in [-0.39, 0.29) is 17.9 Å². The number of rotatable bonds is 1. The summed E-state index contributed by atoms with van der Waals surface area (Å²) in [6.07, 6.45) is 2.03. The second-order valence-electron chi connectivity index (χ2n) is 7.87. The molecule has 1 saturated heterocycles. The number of likely N-dealkylation sites (N-methyl/N-ethyl adjacent to an activating group) is 1. The van der Waals surface area contributed by atoms with Crippen molar-refractivity contribution in [3.8, 4) is 0 Å². The zero-order valence-electron chi connectivity index (χ0n) is 15.3. The van der Waals surface area contributed by atoms with Crippen molar-refractivity contribution in [3.05, 3.63) is 27.7 Å². The molecule has 2 amide bonds. The van der Waals surface area contributed by atoms with Crippen LogP contribution in [0.15, 0.2) is 16.6 Å². The molecular formula is C19H25BrN2O3. The number of carbonyl (C=O) groups is 2. The Bertz CT molecular complexity index is 711. The summed E-state index contributed by atoms with van der Waals surface area (Å²) in [4.78, 5) is 28.1. The van der Waals surface area contributed by atoms with E-state index in [9.17, 15) is 9.59 Å². The van der Waals surface area contributed by atoms with E-state index < -0.39 is 5.60 Å². The second kappa shape index (κ2) is 6.63. The third kappa shape index (κ3) is 3.68. The SMILES string of the molecule is CN1CC(c2c(Br)ccc3c2CCCN3C(=O)OC(C)(C)C)CC1=O. The summed E-state index contributed by atoms with van der Waals surface area (Å²) in [5.41, 5.74) is 2.73. The number of hydrogen-bond acceptors (Lipinski definition) is 3. The fraction of sp³-hybridized carbons (Fsp3) is 0.579. The highest BCUT2D eigenvalue weighted by atomic mass is 79.9. The molecule has 0 bridgehead atoms. The van der Waals surface area contributed by atoms with Crippen molar-refractivity contribution in [1.82, 2.24) is 4.90 Å². The quantitative estimate of drug-likeness (QED) is 0.702. The van der Waals surface area contributed by atoms with E-state index in [1.807, 2.05) is 40.0 Å². The molecular weight excluding hydrogens is 384 g/mol. The number of carbonyl (C=O) groups excluding carboxylic acids is 2. The molecule has 2 aliphatic heterocycles. The van der Waals surface area contributed by atoms with E-state index in [1.165, 1.54) is 11.1 Å². The van der Waals surface area contributed by atoms with E-state index in [0.29, 0.717) is 13.0 Å². The maximum atomic E-state index is 12.6. The lowest BCUT2D eigenvalue weighted by Crippen LogP contribution is -2.40. The van der Waals surface area contributed by atoms with Crippen LogP contribution in [0.1, 0.15) is 50.7 Å². The largest absolute Gasteiger partial charge is 0.443 e. The summed E-state index contributed by atoms with van der Waals surface area (Å²) in [6, 6.07) is 3.96. The van der Waals surface area contributed by atoms with Crippen LogP contribution in [0.4, 0.5) is 10.5 Å². The standard InChI is InChI=1S/C19H25BrN2O3/c1-19(2,3)25-18(24)22-9-5-6-13-15(22)8-7-14(20)17(13)12-10-16(23)21(4)11-12/h7-8,12H,5-6,9-11H2,1-4H3. The smallest absolute Gasteiger partial charge is 0.414 e. The van der Waals surface area contributed by atoms with Crippen molar-refractivity contribution in [3.63, 3.8) is 0 Å². The Labute approximate surface area is 157 Å². The van der Waals surface area contributed by atoms with Gasteiger partial charge in [-0.05, 0) is 56.9 Å². The molecule has 1 aromatic rings. The highest BCUT2D eigenvalue weighted by molar-refractivity contribution is 9.10. The van der Waals surface area contributed by atoms with Gasteiger partial charge in [0.25, 0.3) is 0 Å². The first kappa shape index (κ1) is 18.2. The van der Waals surface area contributed by atoms with Crippen LogP contribution in [0, 0.1) is 0 Å². The Morgan fingerprint density at radius 2 is 2.04 bits per heavy atom. The minimum atomic E-state index is -0.520. The van der Waals surface area contributed by atoms with Gasteiger partial charge in [-0.25, -0.2) is 4.79 Å². The molecule has 2 heterocycles. The van der Waals surface area contributed by atoms with Gasteiger partial charge in [-0.2, -0.15) is 0 Å². The number of hydrogen-bond donors (Lipinski definition) is 0. The van der Waals surface area contributed by atoms with E-state index >= 15 is 0 Å². The first-order chi connectivity index (χ1) is 11.7. The topological polar surface area (TPSA) is 49.9 Å². The molecule has 1 unspecified atom stereocenters. The molecule has 1 atom stereocenters.